The maximum Gasteiger partial charge on any atom is 0.238 e. The van der Waals surface area contributed by atoms with Crippen LogP contribution in [0.2, 0.25) is 0 Å². The van der Waals surface area contributed by atoms with Crippen LogP contribution < -0.4 is 5.32 Å². The molecule has 0 aromatic rings. The standard InChI is InChI=1S/C10H19N3O3S/c1-9-7-11-3-5-13(9)10(14)8-12-4-2-6-17(12,15)16/h9,11H,2-8H2,1H3/t9-/m1/s1. The highest BCUT2D eigenvalue weighted by Crippen LogP contribution is 2.14. The lowest BCUT2D eigenvalue weighted by Crippen LogP contribution is -2.54. The normalized spacial score (nSPS) is 29.5. The first-order chi connectivity index (χ1) is 8.00. The smallest absolute Gasteiger partial charge is 0.238 e. The Bertz CT molecular complexity index is 396. The van der Waals surface area contributed by atoms with E-state index in [-0.39, 0.29) is 24.2 Å². The third kappa shape index (κ3) is 2.78. The lowest BCUT2D eigenvalue weighted by Gasteiger charge is -2.34. The summed E-state index contributed by atoms with van der Waals surface area (Å²) in [6.45, 7) is 4.68. The molecule has 1 amide bonds. The Hall–Kier alpha value is -0.660. The molecule has 17 heavy (non-hydrogen) atoms. The quantitative estimate of drug-likeness (QED) is 0.681. The number of amides is 1. The van der Waals surface area contributed by atoms with Crippen LogP contribution in [0.3, 0.4) is 0 Å². The van der Waals surface area contributed by atoms with Crippen LogP contribution in [0.15, 0.2) is 0 Å². The van der Waals surface area contributed by atoms with E-state index in [1.54, 1.807) is 4.90 Å². The molecule has 0 unspecified atom stereocenters. The number of carbonyl (C=O) groups is 1. The van der Waals surface area contributed by atoms with Crippen LogP contribution >= 0.6 is 0 Å². The predicted molar refractivity (Wildman–Crippen MR) is 64.0 cm³/mol. The Morgan fingerprint density at radius 2 is 2.18 bits per heavy atom. The minimum absolute atomic E-state index is 0.00662. The van der Waals surface area contributed by atoms with Gasteiger partial charge in [0.05, 0.1) is 12.3 Å². The summed E-state index contributed by atoms with van der Waals surface area (Å²) < 4.78 is 24.5. The van der Waals surface area contributed by atoms with E-state index < -0.39 is 10.0 Å². The number of carbonyl (C=O) groups excluding carboxylic acids is 1. The van der Waals surface area contributed by atoms with Crippen LogP contribution in [0.5, 0.6) is 0 Å². The van der Waals surface area contributed by atoms with Crippen LogP contribution in [0, 0.1) is 0 Å². The number of hydrogen-bond acceptors (Lipinski definition) is 4. The van der Waals surface area contributed by atoms with Crippen LogP contribution in [0.1, 0.15) is 13.3 Å². The van der Waals surface area contributed by atoms with E-state index in [0.717, 1.165) is 13.1 Å². The van der Waals surface area contributed by atoms with Crippen molar-refractivity contribution in [2.45, 2.75) is 19.4 Å². The Labute approximate surface area is 102 Å². The van der Waals surface area contributed by atoms with Gasteiger partial charge in [-0.25, -0.2) is 8.42 Å². The highest BCUT2D eigenvalue weighted by molar-refractivity contribution is 7.89. The van der Waals surface area contributed by atoms with E-state index in [9.17, 15) is 13.2 Å². The maximum absolute atomic E-state index is 12.0. The molecule has 0 bridgehead atoms. The van der Waals surface area contributed by atoms with Crippen molar-refractivity contribution in [1.82, 2.24) is 14.5 Å². The van der Waals surface area contributed by atoms with Gasteiger partial charge in [-0.3, -0.25) is 4.79 Å². The predicted octanol–water partition coefficient (Wildman–Crippen LogP) is -1.16. The van der Waals surface area contributed by atoms with E-state index in [4.69, 9.17) is 0 Å². The second-order valence-corrected chi connectivity index (χ2v) is 6.73. The molecule has 6 nitrogen and oxygen atoms in total. The molecule has 2 rings (SSSR count). The monoisotopic (exact) mass is 261 g/mol. The lowest BCUT2D eigenvalue weighted by atomic mass is 10.2. The van der Waals surface area contributed by atoms with Gasteiger partial charge in [0.1, 0.15) is 0 Å². The van der Waals surface area contributed by atoms with Crippen LogP contribution in [-0.4, -0.2) is 68.0 Å². The van der Waals surface area contributed by atoms with Gasteiger partial charge in [0.15, 0.2) is 0 Å². The first-order valence-electron chi connectivity index (χ1n) is 5.99. The molecule has 2 fully saturated rings. The zero-order valence-electron chi connectivity index (χ0n) is 10.1. The minimum Gasteiger partial charge on any atom is -0.336 e. The summed E-state index contributed by atoms with van der Waals surface area (Å²) in [7, 11) is -3.17. The molecule has 2 heterocycles. The van der Waals surface area contributed by atoms with Gasteiger partial charge in [0.25, 0.3) is 0 Å². The Balaban J connectivity index is 1.97. The molecule has 0 aliphatic carbocycles. The van der Waals surface area contributed by atoms with Crippen molar-refractivity contribution in [3.05, 3.63) is 0 Å². The molecule has 0 radical (unpaired) electrons. The lowest BCUT2D eigenvalue weighted by molar-refractivity contribution is -0.134. The Morgan fingerprint density at radius 1 is 1.41 bits per heavy atom. The second-order valence-electron chi connectivity index (χ2n) is 4.64. The molecule has 0 aromatic heterocycles. The third-order valence-corrected chi connectivity index (χ3v) is 5.24. The van der Waals surface area contributed by atoms with Gasteiger partial charge < -0.3 is 10.2 Å². The molecular formula is C10H19N3O3S. The molecule has 7 heteroatoms. The first kappa shape index (κ1) is 12.8. The highest BCUT2D eigenvalue weighted by Gasteiger charge is 2.32. The summed E-state index contributed by atoms with van der Waals surface area (Å²) in [5.74, 6) is 0.0988. The fourth-order valence-corrected chi connectivity index (χ4v) is 3.79. The molecule has 98 valence electrons. The molecule has 2 aliphatic rings. The van der Waals surface area contributed by atoms with E-state index in [0.29, 0.717) is 19.5 Å². The summed E-state index contributed by atoms with van der Waals surface area (Å²) in [5.41, 5.74) is 0. The highest BCUT2D eigenvalue weighted by atomic mass is 32.2. The van der Waals surface area contributed by atoms with Crippen LogP contribution in [0.25, 0.3) is 0 Å². The molecule has 0 spiro atoms. The van der Waals surface area contributed by atoms with Crippen LogP contribution in [0.4, 0.5) is 0 Å². The minimum atomic E-state index is -3.17. The molecule has 1 atom stereocenters. The van der Waals surface area contributed by atoms with Gasteiger partial charge in [0, 0.05) is 32.2 Å². The van der Waals surface area contributed by atoms with E-state index >= 15 is 0 Å². The van der Waals surface area contributed by atoms with E-state index in [1.165, 1.54) is 4.31 Å². The molecule has 2 saturated heterocycles. The average molecular weight is 261 g/mol. The largest absolute Gasteiger partial charge is 0.336 e. The number of piperazine rings is 1. The van der Waals surface area contributed by atoms with Gasteiger partial charge in [-0.05, 0) is 13.3 Å². The molecular weight excluding hydrogens is 242 g/mol. The fraction of sp³-hybridized carbons (Fsp3) is 0.900. The van der Waals surface area contributed by atoms with Crippen molar-refractivity contribution in [2.24, 2.45) is 0 Å². The maximum atomic E-state index is 12.0. The average Bonchev–Trinajstić information content (AvgIpc) is 2.59. The second kappa shape index (κ2) is 4.91. The summed E-state index contributed by atoms with van der Waals surface area (Å²) in [6, 6.07) is 0.140. The van der Waals surface area contributed by atoms with Gasteiger partial charge in [-0.15, -0.1) is 0 Å². The summed E-state index contributed by atoms with van der Waals surface area (Å²) in [6.07, 6.45) is 0.632. The summed E-state index contributed by atoms with van der Waals surface area (Å²) in [5, 5.41) is 3.20. The zero-order valence-corrected chi connectivity index (χ0v) is 10.9. The first-order valence-corrected chi connectivity index (χ1v) is 7.59. The van der Waals surface area contributed by atoms with Crippen molar-refractivity contribution >= 4 is 15.9 Å². The van der Waals surface area contributed by atoms with Gasteiger partial charge in [-0.1, -0.05) is 0 Å². The summed E-state index contributed by atoms with van der Waals surface area (Å²) >= 11 is 0. The Morgan fingerprint density at radius 3 is 2.76 bits per heavy atom. The van der Waals surface area contributed by atoms with Gasteiger partial charge >= 0.3 is 0 Å². The molecule has 0 saturated carbocycles. The van der Waals surface area contributed by atoms with Crippen molar-refractivity contribution in [3.8, 4) is 0 Å². The molecule has 1 N–H and O–H groups in total. The van der Waals surface area contributed by atoms with E-state index in [1.807, 2.05) is 6.92 Å². The van der Waals surface area contributed by atoms with Crippen molar-refractivity contribution < 1.29 is 13.2 Å². The van der Waals surface area contributed by atoms with Gasteiger partial charge in [-0.2, -0.15) is 4.31 Å². The van der Waals surface area contributed by atoms with Crippen molar-refractivity contribution in [1.29, 1.82) is 0 Å². The number of hydrogen-bond donors (Lipinski definition) is 1. The summed E-state index contributed by atoms with van der Waals surface area (Å²) in [4.78, 5) is 13.8. The van der Waals surface area contributed by atoms with Crippen LogP contribution in [-0.2, 0) is 14.8 Å². The Kier molecular flexibility index (Phi) is 3.70. The van der Waals surface area contributed by atoms with E-state index in [2.05, 4.69) is 5.32 Å². The zero-order chi connectivity index (χ0) is 12.5. The molecule has 0 aromatic carbocycles. The number of nitrogens with one attached hydrogen (secondary N) is 1. The van der Waals surface area contributed by atoms with Crippen molar-refractivity contribution in [3.63, 3.8) is 0 Å². The number of nitrogens with zero attached hydrogens (tertiary/aromatic N) is 2. The third-order valence-electron chi connectivity index (χ3n) is 3.34. The van der Waals surface area contributed by atoms with Gasteiger partial charge in [0.2, 0.25) is 15.9 Å². The number of rotatable bonds is 2. The SMILES string of the molecule is C[C@@H]1CNCCN1C(=O)CN1CCCS1(=O)=O. The molecule has 2 aliphatic heterocycles. The number of sulfonamides is 1. The topological polar surface area (TPSA) is 69.7 Å². The van der Waals surface area contributed by atoms with Crippen molar-refractivity contribution in [2.75, 3.05) is 38.5 Å². The fourth-order valence-electron chi connectivity index (χ4n) is 2.32.